The van der Waals surface area contributed by atoms with Gasteiger partial charge in [-0.25, -0.2) is 0 Å². The number of benzene rings is 6. The third-order valence-corrected chi connectivity index (χ3v) is 13.0. The van der Waals surface area contributed by atoms with Gasteiger partial charge in [0.25, 0.3) is 0 Å². The van der Waals surface area contributed by atoms with Crippen molar-refractivity contribution in [1.29, 1.82) is 0 Å². The highest BCUT2D eigenvalue weighted by Crippen LogP contribution is 2.57. The van der Waals surface area contributed by atoms with Gasteiger partial charge >= 0.3 is 0 Å². The lowest BCUT2D eigenvalue weighted by atomic mass is 9.66. The van der Waals surface area contributed by atoms with Crippen molar-refractivity contribution in [1.82, 2.24) is 0 Å². The van der Waals surface area contributed by atoms with Crippen LogP contribution in [0.4, 0.5) is 22.7 Å². The summed E-state index contributed by atoms with van der Waals surface area (Å²) in [6.45, 7) is 0. The number of ether oxygens (including phenoxy) is 2. The first kappa shape index (κ1) is 36.3. The lowest BCUT2D eigenvalue weighted by Crippen LogP contribution is -2.40. The first-order chi connectivity index (χ1) is 30.7. The normalized spacial score (nSPS) is 20.1. The molecule has 4 aliphatic carbocycles. The molecule has 0 spiro atoms. The largest absolute Gasteiger partial charge is 0.489 e. The van der Waals surface area contributed by atoms with Crippen LogP contribution in [-0.4, -0.2) is 6.10 Å². The van der Waals surface area contributed by atoms with Crippen molar-refractivity contribution < 1.29 is 9.47 Å². The Balaban J connectivity index is 0.871. The Labute approximate surface area is 363 Å². The molecule has 0 N–H and O–H groups in total. The van der Waals surface area contributed by atoms with E-state index in [0.29, 0.717) is 0 Å². The van der Waals surface area contributed by atoms with Crippen LogP contribution in [0.2, 0.25) is 0 Å². The maximum Gasteiger partial charge on any atom is 0.136 e. The zero-order chi connectivity index (χ0) is 41.0. The average molecular weight is 801 g/mol. The van der Waals surface area contributed by atoms with Gasteiger partial charge in [-0.1, -0.05) is 134 Å². The number of rotatable bonds is 8. The van der Waals surface area contributed by atoms with Gasteiger partial charge in [0, 0.05) is 52.2 Å². The Morgan fingerprint density at radius 1 is 0.452 bits per heavy atom. The second-order valence-corrected chi connectivity index (χ2v) is 16.7. The number of para-hydroxylation sites is 1. The van der Waals surface area contributed by atoms with E-state index in [9.17, 15) is 0 Å². The van der Waals surface area contributed by atoms with Crippen LogP contribution in [0, 0.1) is 11.8 Å². The Morgan fingerprint density at radius 3 is 1.69 bits per heavy atom. The van der Waals surface area contributed by atoms with Crippen molar-refractivity contribution in [2.45, 2.75) is 25.4 Å². The number of fused-ring (bicyclic) bond motifs is 4. The average Bonchev–Trinajstić information content (AvgIpc) is 3.34. The fraction of sp³-hybridized carbons (Fsp3) is 0.103. The highest BCUT2D eigenvalue weighted by molar-refractivity contribution is 5.84. The molecule has 0 radical (unpaired) electrons. The predicted octanol–water partition coefficient (Wildman–Crippen LogP) is 14.6. The molecule has 0 amide bonds. The fourth-order valence-corrected chi connectivity index (χ4v) is 10.1. The molecular formula is C58H44N2O2. The molecule has 1 fully saturated rings. The number of hydrogen-bond acceptors (Lipinski definition) is 4. The maximum atomic E-state index is 7.05. The monoisotopic (exact) mass is 800 g/mol. The molecule has 12 rings (SSSR count). The quantitative estimate of drug-likeness (QED) is 0.153. The van der Waals surface area contributed by atoms with Crippen molar-refractivity contribution in [3.8, 4) is 28.0 Å². The predicted molar refractivity (Wildman–Crippen MR) is 253 cm³/mol. The molecule has 6 aliphatic rings. The van der Waals surface area contributed by atoms with E-state index in [4.69, 9.17) is 9.47 Å². The van der Waals surface area contributed by atoms with E-state index >= 15 is 0 Å². The Hall–Kier alpha value is -7.56. The first-order valence-electron chi connectivity index (χ1n) is 21.8. The van der Waals surface area contributed by atoms with Crippen molar-refractivity contribution in [2.75, 3.05) is 9.80 Å². The van der Waals surface area contributed by atoms with Crippen LogP contribution in [0.15, 0.2) is 246 Å². The Kier molecular flexibility index (Phi) is 8.88. The van der Waals surface area contributed by atoms with Gasteiger partial charge in [0.1, 0.15) is 23.4 Å². The van der Waals surface area contributed by atoms with Gasteiger partial charge in [0.2, 0.25) is 0 Å². The smallest absolute Gasteiger partial charge is 0.136 e. The number of nitrogens with zero attached hydrogens (tertiary/aromatic N) is 2. The third kappa shape index (κ3) is 6.30. The molecule has 0 aromatic heterocycles. The molecule has 4 nitrogen and oxygen atoms in total. The van der Waals surface area contributed by atoms with E-state index in [-0.39, 0.29) is 17.9 Å². The van der Waals surface area contributed by atoms with E-state index in [2.05, 4.69) is 222 Å². The molecule has 4 heteroatoms. The van der Waals surface area contributed by atoms with Gasteiger partial charge in [-0.05, 0) is 125 Å². The third-order valence-electron chi connectivity index (χ3n) is 13.0. The minimum atomic E-state index is -0.0984. The van der Waals surface area contributed by atoms with E-state index < -0.39 is 0 Å². The summed E-state index contributed by atoms with van der Waals surface area (Å²) in [5.41, 5.74) is 16.6. The Bertz CT molecular complexity index is 2970. The van der Waals surface area contributed by atoms with Gasteiger partial charge in [-0.3, -0.25) is 0 Å². The lowest BCUT2D eigenvalue weighted by Gasteiger charge is -2.47. The summed E-state index contributed by atoms with van der Waals surface area (Å²) in [7, 11) is 0. The minimum absolute atomic E-state index is 0.0511. The van der Waals surface area contributed by atoms with Gasteiger partial charge in [0.15, 0.2) is 0 Å². The number of hydrogen-bond donors (Lipinski definition) is 0. The molecule has 2 aliphatic heterocycles. The lowest BCUT2D eigenvalue weighted by molar-refractivity contribution is 0.0935. The van der Waals surface area contributed by atoms with Crippen LogP contribution in [0.25, 0.3) is 27.8 Å². The van der Waals surface area contributed by atoms with Crippen molar-refractivity contribution in [3.05, 3.63) is 252 Å². The summed E-state index contributed by atoms with van der Waals surface area (Å²) >= 11 is 0. The SMILES string of the molecule is C1=CC(N(c2ccc(-c3ccccc3)cc2)c2ccc3c(c2)OC2=CC=C4C5=CC=C(N(c6ccccc6)c6ccc(-c7ccccc7)cc6)CC5OC5=CC=C3C2C54)=CCC1. The van der Waals surface area contributed by atoms with E-state index in [1.165, 1.54) is 50.4 Å². The summed E-state index contributed by atoms with van der Waals surface area (Å²) in [5.74, 6) is 2.98. The fourth-order valence-electron chi connectivity index (χ4n) is 10.1. The zero-order valence-corrected chi connectivity index (χ0v) is 34.3. The molecule has 2 heterocycles. The summed E-state index contributed by atoms with van der Waals surface area (Å²) in [4.78, 5) is 4.73. The van der Waals surface area contributed by atoms with Gasteiger partial charge in [-0.15, -0.1) is 0 Å². The summed E-state index contributed by atoms with van der Waals surface area (Å²) < 4.78 is 14.0. The topological polar surface area (TPSA) is 24.9 Å². The van der Waals surface area contributed by atoms with Crippen LogP contribution in [0.3, 0.4) is 0 Å². The molecule has 6 aromatic rings. The number of anilines is 4. The van der Waals surface area contributed by atoms with Crippen LogP contribution in [-0.2, 0) is 4.74 Å². The minimum Gasteiger partial charge on any atom is -0.489 e. The second kappa shape index (κ2) is 15.2. The van der Waals surface area contributed by atoms with Gasteiger partial charge < -0.3 is 19.3 Å². The van der Waals surface area contributed by atoms with Crippen LogP contribution in [0.1, 0.15) is 24.8 Å². The molecule has 62 heavy (non-hydrogen) atoms. The van der Waals surface area contributed by atoms with Gasteiger partial charge in [-0.2, -0.15) is 0 Å². The molecule has 3 unspecified atom stereocenters. The maximum absolute atomic E-state index is 7.05. The first-order valence-corrected chi connectivity index (χ1v) is 21.8. The molecule has 0 saturated carbocycles. The summed E-state index contributed by atoms with van der Waals surface area (Å²) in [5, 5.41) is 0. The van der Waals surface area contributed by atoms with Gasteiger partial charge in [0.05, 0.1) is 11.8 Å². The highest BCUT2D eigenvalue weighted by atomic mass is 16.5. The zero-order valence-electron chi connectivity index (χ0n) is 34.3. The molecular weight excluding hydrogens is 757 g/mol. The van der Waals surface area contributed by atoms with Crippen LogP contribution < -0.4 is 14.5 Å². The van der Waals surface area contributed by atoms with E-state index in [1.54, 1.807) is 0 Å². The molecule has 6 aromatic carbocycles. The highest BCUT2D eigenvalue weighted by Gasteiger charge is 2.48. The summed E-state index contributed by atoms with van der Waals surface area (Å²) in [6, 6.07) is 56.3. The van der Waals surface area contributed by atoms with E-state index in [1.807, 2.05) is 0 Å². The van der Waals surface area contributed by atoms with Crippen LogP contribution in [0.5, 0.6) is 5.75 Å². The molecule has 298 valence electrons. The van der Waals surface area contributed by atoms with Crippen molar-refractivity contribution >= 4 is 28.3 Å². The molecule has 1 saturated heterocycles. The molecule has 3 atom stereocenters. The second-order valence-electron chi connectivity index (χ2n) is 16.7. The van der Waals surface area contributed by atoms with Crippen LogP contribution >= 0.6 is 0 Å². The Morgan fingerprint density at radius 2 is 1.02 bits per heavy atom. The van der Waals surface area contributed by atoms with Crippen molar-refractivity contribution in [3.63, 3.8) is 0 Å². The number of allylic oxidation sites excluding steroid dienone is 11. The van der Waals surface area contributed by atoms with Crippen molar-refractivity contribution in [2.24, 2.45) is 11.8 Å². The van der Waals surface area contributed by atoms with E-state index in [0.717, 1.165) is 64.8 Å². The standard InChI is InChI=1S/C58H44N2O2/c1-5-13-39(14-6-1)41-21-25-45(26-22-41)59(43-17-9-3-10-18-43)47-29-31-49-51-33-36-54-58-52(34-35-53(57(51)58)61-55(49)37-47)50-32-30-48(38-56(50)62-54)60(44-19-11-4-12-20-44)46-27-23-42(24-28-46)40-15-7-2-8-16-40/h1-3,5-11,13-36,38,55,57-58H,4,12,37H2. The summed E-state index contributed by atoms with van der Waals surface area (Å²) in [6.07, 6.45) is 23.2. The molecule has 0 bridgehead atoms.